The van der Waals surface area contributed by atoms with Gasteiger partial charge in [-0.2, -0.15) is 25.3 Å². The number of fused-ring (bicyclic) bond motifs is 1. The topological polar surface area (TPSA) is 449 Å². The SMILES string of the molecule is C[C@@H](O)[C@H](NC(=O)[C@H](Cc1ccccc1)NC(=O)[C@@H](NC(=O)[C@H](CCCCN)NC(=O)[C@H](Cc1c[nH]c2ccccc12)NC(=O)[C@H](Cc1ccccc1)NC(=O)[C@H](Cc1ccccc1)NC(=O)CNC(=O)[C@H](CCCCN)NC(=O)CCS)[C@@H](C)O)C(=O)N[C@@H](CO)C(=O)NCCS. The number of para-hydroxylation sites is 1. The third kappa shape index (κ3) is 26.8. The fourth-order valence-corrected chi connectivity index (χ4v) is 10.8. The molecule has 19 N–H and O–H groups in total. The van der Waals surface area contributed by atoms with Crippen LogP contribution in [0.15, 0.2) is 121 Å². The summed E-state index contributed by atoms with van der Waals surface area (Å²) in [5.41, 5.74) is 14.6. The Morgan fingerprint density at radius 1 is 0.429 bits per heavy atom. The third-order valence-corrected chi connectivity index (χ3v) is 16.2. The number of aliphatic hydroxyl groups is 3. The Hall–Kier alpha value is -8.91. The van der Waals surface area contributed by atoms with Gasteiger partial charge in [0.25, 0.3) is 0 Å². The zero-order chi connectivity index (χ0) is 71.5. The molecular formula is C68H94N14O14S2. The van der Waals surface area contributed by atoms with Crippen LogP contribution in [0.25, 0.3) is 10.9 Å². The molecule has 0 bridgehead atoms. The van der Waals surface area contributed by atoms with Crippen LogP contribution < -0.4 is 70.0 Å². The van der Waals surface area contributed by atoms with Gasteiger partial charge in [-0.25, -0.2) is 0 Å². The number of hydrogen-bond donors (Lipinski definition) is 19. The van der Waals surface area contributed by atoms with Gasteiger partial charge in [-0.05, 0) is 99.5 Å². The molecule has 4 aromatic carbocycles. The van der Waals surface area contributed by atoms with Gasteiger partial charge in [0, 0.05) is 61.5 Å². The van der Waals surface area contributed by atoms with E-state index < -0.39 is 145 Å². The average Bonchev–Trinajstić information content (AvgIpc) is 1.61. The number of nitrogens with two attached hydrogens (primary N) is 2. The van der Waals surface area contributed by atoms with E-state index in [1.807, 2.05) is 6.07 Å². The lowest BCUT2D eigenvalue weighted by molar-refractivity contribution is -0.138. The van der Waals surface area contributed by atoms with Crippen molar-refractivity contribution >= 4 is 101 Å². The normalized spacial score (nSPS) is 14.5. The summed E-state index contributed by atoms with van der Waals surface area (Å²) in [7, 11) is 0. The van der Waals surface area contributed by atoms with Crippen molar-refractivity contribution in [3.05, 3.63) is 144 Å². The van der Waals surface area contributed by atoms with Crippen LogP contribution in [-0.2, 0) is 78.4 Å². The highest BCUT2D eigenvalue weighted by atomic mass is 32.1. The molecule has 0 saturated heterocycles. The highest BCUT2D eigenvalue weighted by Gasteiger charge is 2.38. The summed E-state index contributed by atoms with van der Waals surface area (Å²) in [6, 6.07) is 19.6. The molecule has 0 aliphatic rings. The zero-order valence-corrected chi connectivity index (χ0v) is 56.8. The molecule has 98 heavy (non-hydrogen) atoms. The van der Waals surface area contributed by atoms with Gasteiger partial charge in [0.2, 0.25) is 65.0 Å². The molecule has 11 atom stereocenters. The first-order valence-electron chi connectivity index (χ1n) is 32.6. The smallest absolute Gasteiger partial charge is 0.245 e. The second-order valence-electron chi connectivity index (χ2n) is 23.6. The van der Waals surface area contributed by atoms with E-state index in [2.05, 4.69) is 88.7 Å². The number of rotatable bonds is 43. The second kappa shape index (κ2) is 42.7. The lowest BCUT2D eigenvalue weighted by Crippen LogP contribution is -2.63. The number of aromatic amines is 1. The summed E-state index contributed by atoms with van der Waals surface area (Å²) in [5, 5.41) is 61.1. The first-order valence-corrected chi connectivity index (χ1v) is 33.9. The van der Waals surface area contributed by atoms with Gasteiger partial charge in [-0.1, -0.05) is 109 Å². The molecule has 30 heteroatoms. The third-order valence-electron chi connectivity index (χ3n) is 15.8. The Bertz CT molecular complexity index is 3390. The number of thiol groups is 2. The molecule has 1 heterocycles. The van der Waals surface area contributed by atoms with E-state index in [9.17, 15) is 58.5 Å². The highest BCUT2D eigenvalue weighted by Crippen LogP contribution is 2.20. The summed E-state index contributed by atoms with van der Waals surface area (Å²) < 4.78 is 0. The predicted octanol–water partition coefficient (Wildman–Crippen LogP) is -1.70. The quantitative estimate of drug-likeness (QED) is 0.0153. The number of hydrogen-bond acceptors (Lipinski definition) is 18. The molecule has 0 aliphatic carbocycles. The van der Waals surface area contributed by atoms with Crippen molar-refractivity contribution in [3.8, 4) is 0 Å². The van der Waals surface area contributed by atoms with Crippen LogP contribution in [0.4, 0.5) is 0 Å². The van der Waals surface area contributed by atoms with Gasteiger partial charge in [0.1, 0.15) is 54.4 Å². The van der Waals surface area contributed by atoms with Crippen molar-refractivity contribution in [1.82, 2.24) is 63.5 Å². The van der Waals surface area contributed by atoms with Crippen LogP contribution in [0.1, 0.15) is 81.0 Å². The van der Waals surface area contributed by atoms with Crippen molar-refractivity contribution in [2.75, 3.05) is 44.3 Å². The molecule has 0 aliphatic heterocycles. The van der Waals surface area contributed by atoms with E-state index in [1.165, 1.54) is 13.8 Å². The van der Waals surface area contributed by atoms with Crippen LogP contribution in [0.5, 0.6) is 0 Å². The van der Waals surface area contributed by atoms with Gasteiger partial charge in [0.05, 0.1) is 25.4 Å². The number of amides is 11. The molecular weight excluding hydrogens is 1300 g/mol. The lowest BCUT2D eigenvalue weighted by Gasteiger charge is -2.29. The maximum absolute atomic E-state index is 15.1. The van der Waals surface area contributed by atoms with Crippen LogP contribution in [0.3, 0.4) is 0 Å². The van der Waals surface area contributed by atoms with Gasteiger partial charge in [0.15, 0.2) is 0 Å². The number of unbranched alkanes of at least 4 members (excludes halogenated alkanes) is 2. The van der Waals surface area contributed by atoms with Crippen molar-refractivity contribution in [2.24, 2.45) is 11.5 Å². The second-order valence-corrected chi connectivity index (χ2v) is 24.5. The Balaban J connectivity index is 1.44. The summed E-state index contributed by atoms with van der Waals surface area (Å²) in [6.45, 7) is 1.61. The number of aromatic nitrogens is 1. The van der Waals surface area contributed by atoms with E-state index >= 15 is 9.59 Å². The molecule has 11 amide bonds. The lowest BCUT2D eigenvalue weighted by atomic mass is 10.00. The number of carbonyl (C=O) groups is 11. The van der Waals surface area contributed by atoms with Crippen LogP contribution in [0, 0.1) is 0 Å². The molecule has 28 nitrogen and oxygen atoms in total. The molecule has 5 aromatic rings. The Morgan fingerprint density at radius 2 is 0.816 bits per heavy atom. The monoisotopic (exact) mass is 1390 g/mol. The summed E-state index contributed by atoms with van der Waals surface area (Å²) >= 11 is 8.15. The molecule has 0 fully saturated rings. The number of benzene rings is 4. The van der Waals surface area contributed by atoms with E-state index in [0.717, 1.165) is 0 Å². The first-order chi connectivity index (χ1) is 47.1. The standard InChI is InChI=1S/C68H94N14O14S2/c1-41(84)58(67(95)79-53(36-45-22-10-5-11-23-45)66(94)82-59(42(2)85)68(96)80-55(40-83)61(89)71-31-33-98)81-62(90)50(27-15-17-30-70)76-65(93)54(37-46-38-72-48-25-13-12-24-47(46)48)78-64(92)52(35-44-20-8-4-9-21-44)77-63(91)51(34-43-18-6-3-7-19-43)75-57(87)39-73-60(88)49(26-14-16-29-69)74-56(86)28-32-97/h3-13,18-25,38,41-42,49-55,58-59,72,83-85,97-98H,14-17,26-37,39-40,69-70H2,1-2H3,(H,71,89)(H,73,88)(H,74,86)(H,75,87)(H,76,93)(H,77,91)(H,78,92)(H,79,95)(H,80,96)(H,81,90)(H,82,94)/t41-,42-,49+,50+,51+,52+,53+,54+,55+,58+,59+/m1/s1. The van der Waals surface area contributed by atoms with Gasteiger partial charge >= 0.3 is 0 Å². The van der Waals surface area contributed by atoms with Crippen LogP contribution in [-0.4, -0.2) is 196 Å². The van der Waals surface area contributed by atoms with Crippen molar-refractivity contribution in [2.45, 2.75) is 151 Å². The fourth-order valence-electron chi connectivity index (χ4n) is 10.5. The highest BCUT2D eigenvalue weighted by molar-refractivity contribution is 7.80. The van der Waals surface area contributed by atoms with E-state index in [-0.39, 0.29) is 76.0 Å². The fraction of sp³-hybridized carbons (Fsp3) is 0.456. The Labute approximate surface area is 580 Å². The van der Waals surface area contributed by atoms with Crippen molar-refractivity contribution < 1.29 is 68.1 Å². The Kier molecular flexibility index (Phi) is 34.8. The summed E-state index contributed by atoms with van der Waals surface area (Å²) in [5.74, 6) is -8.78. The van der Waals surface area contributed by atoms with Gasteiger partial charge in [-0.3, -0.25) is 52.7 Å². The molecule has 0 unspecified atom stereocenters. The van der Waals surface area contributed by atoms with E-state index in [4.69, 9.17) is 11.5 Å². The average molecular weight is 1400 g/mol. The summed E-state index contributed by atoms with van der Waals surface area (Å²) in [6.07, 6.45) is -0.291. The number of aliphatic hydroxyl groups excluding tert-OH is 3. The zero-order valence-electron chi connectivity index (χ0n) is 55.0. The molecule has 0 saturated carbocycles. The molecule has 5 rings (SSSR count). The van der Waals surface area contributed by atoms with Crippen molar-refractivity contribution in [3.63, 3.8) is 0 Å². The van der Waals surface area contributed by atoms with Crippen molar-refractivity contribution in [1.29, 1.82) is 0 Å². The minimum absolute atomic E-state index is 0.0520. The largest absolute Gasteiger partial charge is 0.394 e. The van der Waals surface area contributed by atoms with Gasteiger partial charge in [-0.15, -0.1) is 0 Å². The summed E-state index contributed by atoms with van der Waals surface area (Å²) in [4.78, 5) is 157. The molecule has 0 spiro atoms. The molecule has 532 valence electrons. The van der Waals surface area contributed by atoms with Gasteiger partial charge < -0.3 is 90.3 Å². The Morgan fingerprint density at radius 3 is 1.28 bits per heavy atom. The number of nitrogens with one attached hydrogen (secondary N) is 12. The minimum atomic E-state index is -1.82. The maximum Gasteiger partial charge on any atom is 0.245 e. The minimum Gasteiger partial charge on any atom is -0.394 e. The predicted molar refractivity (Wildman–Crippen MR) is 374 cm³/mol. The van der Waals surface area contributed by atoms with Crippen LogP contribution in [0.2, 0.25) is 0 Å². The first kappa shape index (κ1) is 79.8. The molecule has 0 radical (unpaired) electrons. The number of carbonyl (C=O) groups excluding carboxylic acids is 11. The van der Waals surface area contributed by atoms with Crippen LogP contribution >= 0.6 is 25.3 Å². The van der Waals surface area contributed by atoms with E-state index in [1.54, 1.807) is 115 Å². The molecule has 1 aromatic heterocycles. The maximum atomic E-state index is 15.1. The number of H-pyrrole nitrogens is 1. The van der Waals surface area contributed by atoms with E-state index in [0.29, 0.717) is 59.0 Å².